The normalized spacial score (nSPS) is 29.5. The maximum absolute atomic E-state index is 12.3. The first kappa shape index (κ1) is 12.1. The van der Waals surface area contributed by atoms with E-state index in [2.05, 4.69) is 11.9 Å². The van der Waals surface area contributed by atoms with Crippen molar-refractivity contribution >= 4 is 11.8 Å². The standard InChI is InChI=1S/C13H20N2O2/c1-4-7-15-11(9-5-6-9)12(16)14-10(8(2)3)13(15)17/h4,8-11H,1,5-7H2,2-3H3,(H,14,16). The summed E-state index contributed by atoms with van der Waals surface area (Å²) < 4.78 is 0. The van der Waals surface area contributed by atoms with Gasteiger partial charge in [-0.25, -0.2) is 0 Å². The highest BCUT2D eigenvalue weighted by atomic mass is 16.2. The Morgan fingerprint density at radius 3 is 2.59 bits per heavy atom. The van der Waals surface area contributed by atoms with E-state index < -0.39 is 0 Å². The van der Waals surface area contributed by atoms with Crippen molar-refractivity contribution in [3.05, 3.63) is 12.7 Å². The minimum Gasteiger partial charge on any atom is -0.342 e. The summed E-state index contributed by atoms with van der Waals surface area (Å²) in [4.78, 5) is 26.1. The molecular formula is C13H20N2O2. The van der Waals surface area contributed by atoms with E-state index in [-0.39, 0.29) is 29.8 Å². The Hall–Kier alpha value is -1.32. The van der Waals surface area contributed by atoms with Crippen LogP contribution in [0, 0.1) is 11.8 Å². The average molecular weight is 236 g/mol. The Morgan fingerprint density at radius 1 is 1.47 bits per heavy atom. The molecule has 1 N–H and O–H groups in total. The molecule has 1 aliphatic carbocycles. The van der Waals surface area contributed by atoms with Crippen LogP contribution in [0.25, 0.3) is 0 Å². The van der Waals surface area contributed by atoms with Gasteiger partial charge in [-0.2, -0.15) is 0 Å². The van der Waals surface area contributed by atoms with E-state index in [4.69, 9.17) is 0 Å². The zero-order valence-electron chi connectivity index (χ0n) is 10.5. The Kier molecular flexibility index (Phi) is 3.22. The van der Waals surface area contributed by atoms with Crippen LogP contribution >= 0.6 is 0 Å². The van der Waals surface area contributed by atoms with Crippen LogP contribution in [-0.4, -0.2) is 35.3 Å². The fourth-order valence-corrected chi connectivity index (χ4v) is 2.43. The Balaban J connectivity index is 2.21. The molecule has 1 saturated heterocycles. The Labute approximate surface area is 102 Å². The summed E-state index contributed by atoms with van der Waals surface area (Å²) in [6, 6.07) is -0.645. The van der Waals surface area contributed by atoms with Gasteiger partial charge in [0.1, 0.15) is 12.1 Å². The summed E-state index contributed by atoms with van der Waals surface area (Å²) in [5, 5.41) is 2.86. The van der Waals surface area contributed by atoms with Gasteiger partial charge in [0.25, 0.3) is 0 Å². The van der Waals surface area contributed by atoms with Crippen LogP contribution in [0.3, 0.4) is 0 Å². The lowest BCUT2D eigenvalue weighted by Gasteiger charge is -2.40. The fourth-order valence-electron chi connectivity index (χ4n) is 2.43. The molecule has 2 amide bonds. The van der Waals surface area contributed by atoms with Crippen LogP contribution in [0.15, 0.2) is 12.7 Å². The van der Waals surface area contributed by atoms with Crippen LogP contribution < -0.4 is 5.32 Å². The van der Waals surface area contributed by atoms with Crippen molar-refractivity contribution < 1.29 is 9.59 Å². The maximum atomic E-state index is 12.3. The van der Waals surface area contributed by atoms with Crippen LogP contribution in [-0.2, 0) is 9.59 Å². The molecule has 1 heterocycles. The van der Waals surface area contributed by atoms with Crippen LogP contribution in [0.1, 0.15) is 26.7 Å². The van der Waals surface area contributed by atoms with E-state index in [0.29, 0.717) is 12.5 Å². The minimum atomic E-state index is -0.377. The summed E-state index contributed by atoms with van der Waals surface area (Å²) in [5.74, 6) is 0.523. The molecule has 1 aliphatic heterocycles. The van der Waals surface area contributed by atoms with Crippen molar-refractivity contribution in [1.29, 1.82) is 0 Å². The molecule has 94 valence electrons. The van der Waals surface area contributed by atoms with Crippen molar-refractivity contribution in [3.8, 4) is 0 Å². The molecule has 0 bridgehead atoms. The van der Waals surface area contributed by atoms with E-state index in [1.54, 1.807) is 11.0 Å². The summed E-state index contributed by atoms with van der Waals surface area (Å²) in [6.45, 7) is 8.04. The highest BCUT2D eigenvalue weighted by Gasteiger charge is 2.47. The number of hydrogen-bond donors (Lipinski definition) is 1. The second-order valence-corrected chi connectivity index (χ2v) is 5.29. The second-order valence-electron chi connectivity index (χ2n) is 5.29. The van der Waals surface area contributed by atoms with Crippen molar-refractivity contribution in [3.63, 3.8) is 0 Å². The molecular weight excluding hydrogens is 216 g/mol. The highest BCUT2D eigenvalue weighted by molar-refractivity contribution is 5.97. The highest BCUT2D eigenvalue weighted by Crippen LogP contribution is 2.37. The number of rotatable bonds is 4. The summed E-state index contributed by atoms with van der Waals surface area (Å²) in [6.07, 6.45) is 3.79. The zero-order chi connectivity index (χ0) is 12.6. The van der Waals surface area contributed by atoms with Gasteiger partial charge in [-0.3, -0.25) is 9.59 Å². The molecule has 0 aromatic rings. The molecule has 0 spiro atoms. The molecule has 0 radical (unpaired) electrons. The van der Waals surface area contributed by atoms with E-state index in [1.807, 2.05) is 13.8 Å². The van der Waals surface area contributed by atoms with Gasteiger partial charge in [-0.15, -0.1) is 6.58 Å². The van der Waals surface area contributed by atoms with E-state index in [0.717, 1.165) is 12.8 Å². The zero-order valence-corrected chi connectivity index (χ0v) is 10.5. The molecule has 2 unspecified atom stereocenters. The summed E-state index contributed by atoms with van der Waals surface area (Å²) in [5.41, 5.74) is 0. The smallest absolute Gasteiger partial charge is 0.246 e. The van der Waals surface area contributed by atoms with Gasteiger partial charge in [-0.05, 0) is 24.7 Å². The largest absolute Gasteiger partial charge is 0.342 e. The van der Waals surface area contributed by atoms with Gasteiger partial charge in [0.2, 0.25) is 11.8 Å². The lowest BCUT2D eigenvalue weighted by Crippen LogP contribution is -2.65. The van der Waals surface area contributed by atoms with Gasteiger partial charge in [0.05, 0.1) is 0 Å². The molecule has 0 aromatic carbocycles. The molecule has 0 aromatic heterocycles. The van der Waals surface area contributed by atoms with E-state index in [9.17, 15) is 9.59 Å². The van der Waals surface area contributed by atoms with Crippen molar-refractivity contribution in [2.75, 3.05) is 6.54 Å². The van der Waals surface area contributed by atoms with Crippen LogP contribution in [0.4, 0.5) is 0 Å². The number of nitrogens with zero attached hydrogens (tertiary/aromatic N) is 1. The van der Waals surface area contributed by atoms with Gasteiger partial charge in [0, 0.05) is 6.54 Å². The number of carbonyl (C=O) groups is 2. The molecule has 2 fully saturated rings. The Morgan fingerprint density at radius 2 is 2.12 bits per heavy atom. The molecule has 2 aliphatic rings. The molecule has 17 heavy (non-hydrogen) atoms. The van der Waals surface area contributed by atoms with E-state index >= 15 is 0 Å². The lowest BCUT2D eigenvalue weighted by molar-refractivity contribution is -0.150. The Bertz CT molecular complexity index is 347. The first-order chi connectivity index (χ1) is 8.06. The minimum absolute atomic E-state index is 0.00708. The quantitative estimate of drug-likeness (QED) is 0.738. The topological polar surface area (TPSA) is 49.4 Å². The second kappa shape index (κ2) is 4.51. The van der Waals surface area contributed by atoms with Gasteiger partial charge in [0.15, 0.2) is 0 Å². The number of carbonyl (C=O) groups excluding carboxylic acids is 2. The van der Waals surface area contributed by atoms with Crippen LogP contribution in [0.2, 0.25) is 0 Å². The monoisotopic (exact) mass is 236 g/mol. The van der Waals surface area contributed by atoms with Crippen LogP contribution in [0.5, 0.6) is 0 Å². The van der Waals surface area contributed by atoms with Gasteiger partial charge < -0.3 is 10.2 Å². The molecule has 4 heteroatoms. The number of amides is 2. The summed E-state index contributed by atoms with van der Waals surface area (Å²) >= 11 is 0. The fraction of sp³-hybridized carbons (Fsp3) is 0.692. The third-order valence-electron chi connectivity index (χ3n) is 3.51. The van der Waals surface area contributed by atoms with Gasteiger partial charge >= 0.3 is 0 Å². The molecule has 1 saturated carbocycles. The van der Waals surface area contributed by atoms with Crippen molar-refractivity contribution in [2.24, 2.45) is 11.8 Å². The first-order valence-electron chi connectivity index (χ1n) is 6.28. The molecule has 2 rings (SSSR count). The number of piperazine rings is 1. The maximum Gasteiger partial charge on any atom is 0.246 e. The predicted octanol–water partition coefficient (Wildman–Crippen LogP) is 0.934. The first-order valence-corrected chi connectivity index (χ1v) is 6.28. The molecule has 2 atom stereocenters. The molecule has 4 nitrogen and oxygen atoms in total. The third-order valence-corrected chi connectivity index (χ3v) is 3.51. The van der Waals surface area contributed by atoms with Gasteiger partial charge in [-0.1, -0.05) is 19.9 Å². The third kappa shape index (κ3) is 2.21. The predicted molar refractivity (Wildman–Crippen MR) is 65.2 cm³/mol. The average Bonchev–Trinajstić information content (AvgIpc) is 3.07. The summed E-state index contributed by atoms with van der Waals surface area (Å²) in [7, 11) is 0. The number of hydrogen-bond acceptors (Lipinski definition) is 2. The SMILES string of the molecule is C=CCN1C(=O)C(C(C)C)NC(=O)C1C1CC1. The van der Waals surface area contributed by atoms with E-state index in [1.165, 1.54) is 0 Å². The number of nitrogens with one attached hydrogen (secondary N) is 1. The van der Waals surface area contributed by atoms with Crippen molar-refractivity contribution in [1.82, 2.24) is 10.2 Å². The van der Waals surface area contributed by atoms with Crippen molar-refractivity contribution in [2.45, 2.75) is 38.8 Å². The lowest BCUT2D eigenvalue weighted by atomic mass is 9.96.